The van der Waals surface area contributed by atoms with Crippen LogP contribution < -0.4 is 10.1 Å². The summed E-state index contributed by atoms with van der Waals surface area (Å²) in [6.45, 7) is 5.26. The number of hydrogen-bond acceptors (Lipinski definition) is 6. The van der Waals surface area contributed by atoms with Gasteiger partial charge in [-0.25, -0.2) is 8.42 Å². The first kappa shape index (κ1) is 21.2. The summed E-state index contributed by atoms with van der Waals surface area (Å²) in [4.78, 5) is 11.5. The van der Waals surface area contributed by atoms with Crippen molar-refractivity contribution in [1.82, 2.24) is 9.62 Å². The monoisotopic (exact) mass is 396 g/mol. The largest absolute Gasteiger partial charge is 0.481 e. The molecule has 1 heterocycles. The summed E-state index contributed by atoms with van der Waals surface area (Å²) >= 11 is 0. The highest BCUT2D eigenvalue weighted by Gasteiger charge is 2.41. The molecule has 2 unspecified atom stereocenters. The zero-order valence-corrected chi connectivity index (χ0v) is 16.3. The van der Waals surface area contributed by atoms with Crippen LogP contribution in [0, 0.1) is 11.8 Å². The van der Waals surface area contributed by atoms with E-state index in [1.54, 1.807) is 20.8 Å². The molecule has 1 aliphatic rings. The van der Waals surface area contributed by atoms with Crippen molar-refractivity contribution in [2.24, 2.45) is 0 Å². The molecule has 1 aliphatic heterocycles. The van der Waals surface area contributed by atoms with Gasteiger partial charge in [0.25, 0.3) is 0 Å². The Morgan fingerprint density at radius 2 is 2.00 bits per heavy atom. The van der Waals surface area contributed by atoms with Crippen molar-refractivity contribution in [3.8, 4) is 17.6 Å². The lowest BCUT2D eigenvalue weighted by Gasteiger charge is -2.36. The normalized spacial score (nSPS) is 21.2. The summed E-state index contributed by atoms with van der Waals surface area (Å²) in [7, 11) is -3.95. The first-order valence-electron chi connectivity index (χ1n) is 8.46. The molecule has 0 radical (unpaired) electrons. The van der Waals surface area contributed by atoms with Crippen molar-refractivity contribution in [3.05, 3.63) is 24.3 Å². The molecule has 0 aromatic heterocycles. The lowest BCUT2D eigenvalue weighted by atomic mass is 10.1. The van der Waals surface area contributed by atoms with Crippen LogP contribution in [0.25, 0.3) is 0 Å². The number of sulfonamides is 1. The van der Waals surface area contributed by atoms with Crippen molar-refractivity contribution in [3.63, 3.8) is 0 Å². The van der Waals surface area contributed by atoms with Gasteiger partial charge in [0.2, 0.25) is 10.0 Å². The van der Waals surface area contributed by atoms with Crippen molar-refractivity contribution in [1.29, 1.82) is 0 Å². The second-order valence-corrected chi connectivity index (χ2v) is 8.65. The Morgan fingerprint density at radius 1 is 1.37 bits per heavy atom. The molecule has 1 fully saturated rings. The quantitative estimate of drug-likeness (QED) is 0.612. The lowest BCUT2D eigenvalue weighted by Crippen LogP contribution is -2.61. The summed E-state index contributed by atoms with van der Waals surface area (Å²) in [5.41, 5.74) is -1.11. The second-order valence-electron chi connectivity index (χ2n) is 6.76. The van der Waals surface area contributed by atoms with E-state index in [0.717, 1.165) is 4.31 Å². The average Bonchev–Trinajstić information content (AvgIpc) is 2.58. The van der Waals surface area contributed by atoms with Crippen LogP contribution in [-0.4, -0.2) is 66.3 Å². The van der Waals surface area contributed by atoms with Crippen molar-refractivity contribution >= 4 is 16.0 Å². The molecular formula is C18H24N2O6S. The molecule has 8 nitrogen and oxygen atoms in total. The van der Waals surface area contributed by atoms with Gasteiger partial charge in [0.15, 0.2) is 0 Å². The molecule has 1 saturated heterocycles. The molecule has 2 rings (SSSR count). The Morgan fingerprint density at radius 3 is 2.56 bits per heavy atom. The lowest BCUT2D eigenvalue weighted by molar-refractivity contribution is -0.143. The van der Waals surface area contributed by atoms with Gasteiger partial charge in [-0.1, -0.05) is 11.8 Å². The fourth-order valence-electron chi connectivity index (χ4n) is 2.72. The summed E-state index contributed by atoms with van der Waals surface area (Å²) in [5.74, 6) is 4.51. The highest BCUT2D eigenvalue weighted by atomic mass is 32.2. The maximum atomic E-state index is 12.9. The zero-order valence-electron chi connectivity index (χ0n) is 15.5. The second kappa shape index (κ2) is 8.27. The van der Waals surface area contributed by atoms with Gasteiger partial charge in [-0.2, -0.15) is 4.31 Å². The molecule has 148 valence electrons. The average molecular weight is 396 g/mol. The number of ether oxygens (including phenoxy) is 1. The summed E-state index contributed by atoms with van der Waals surface area (Å²) in [6.07, 6.45) is 0. The topological polar surface area (TPSA) is 116 Å². The van der Waals surface area contributed by atoms with Gasteiger partial charge < -0.3 is 20.3 Å². The van der Waals surface area contributed by atoms with E-state index in [1.807, 2.05) is 0 Å². The molecule has 3 N–H and O–H groups in total. The number of carboxylic acid groups (broad SMARTS) is 1. The maximum Gasteiger partial charge on any atom is 0.323 e. The first-order chi connectivity index (χ1) is 12.5. The molecule has 2 atom stereocenters. The minimum atomic E-state index is -3.95. The highest BCUT2D eigenvalue weighted by molar-refractivity contribution is 7.89. The van der Waals surface area contributed by atoms with Gasteiger partial charge in [-0.05, 0) is 45.0 Å². The van der Waals surface area contributed by atoms with E-state index in [1.165, 1.54) is 24.3 Å². The Bertz CT molecular complexity index is 833. The van der Waals surface area contributed by atoms with E-state index < -0.39 is 33.7 Å². The fourth-order valence-corrected chi connectivity index (χ4v) is 4.38. The van der Waals surface area contributed by atoms with Crippen LogP contribution in [0.5, 0.6) is 5.75 Å². The van der Waals surface area contributed by atoms with Gasteiger partial charge in [0.05, 0.1) is 4.90 Å². The number of benzene rings is 1. The molecule has 0 aliphatic carbocycles. The number of rotatable bonds is 5. The van der Waals surface area contributed by atoms with Crippen molar-refractivity contribution < 1.29 is 28.2 Å². The number of piperazine rings is 1. The van der Waals surface area contributed by atoms with E-state index in [4.69, 9.17) is 4.74 Å². The van der Waals surface area contributed by atoms with Gasteiger partial charge in [0, 0.05) is 19.1 Å². The fraction of sp³-hybridized carbons (Fsp3) is 0.500. The molecule has 0 bridgehead atoms. The van der Waals surface area contributed by atoms with E-state index in [0.29, 0.717) is 12.3 Å². The van der Waals surface area contributed by atoms with Crippen LogP contribution in [0.1, 0.15) is 20.8 Å². The number of nitrogens with zero attached hydrogens (tertiary/aromatic N) is 1. The van der Waals surface area contributed by atoms with Crippen LogP contribution in [0.2, 0.25) is 0 Å². The third-order valence-corrected chi connectivity index (χ3v) is 5.87. The molecular weight excluding hydrogens is 372 g/mol. The van der Waals surface area contributed by atoms with E-state index in [9.17, 15) is 23.4 Å². The van der Waals surface area contributed by atoms with Crippen LogP contribution in [-0.2, 0) is 14.8 Å². The van der Waals surface area contributed by atoms with E-state index >= 15 is 0 Å². The molecule has 0 amide bonds. The first-order valence-corrected chi connectivity index (χ1v) is 9.90. The van der Waals surface area contributed by atoms with E-state index in [2.05, 4.69) is 17.2 Å². The number of carbonyl (C=O) groups is 1. The SMILES string of the molecule is CC1NCCN(S(=O)(=O)c2ccc(OCC#CC(C)(C)O)cc2)C1C(=O)O. The smallest absolute Gasteiger partial charge is 0.323 e. The number of carboxylic acids is 1. The molecule has 0 spiro atoms. The Labute approximate surface area is 159 Å². The Hall–Kier alpha value is -2.12. The molecule has 1 aromatic rings. The Kier molecular flexibility index (Phi) is 6.49. The number of aliphatic carboxylic acids is 1. The van der Waals surface area contributed by atoms with Gasteiger partial charge in [-0.15, -0.1) is 0 Å². The predicted molar refractivity (Wildman–Crippen MR) is 98.8 cm³/mol. The molecule has 9 heteroatoms. The van der Waals surface area contributed by atoms with Gasteiger partial charge in [-0.3, -0.25) is 4.79 Å². The van der Waals surface area contributed by atoms with Crippen molar-refractivity contribution in [2.45, 2.75) is 43.4 Å². The molecule has 27 heavy (non-hydrogen) atoms. The minimum Gasteiger partial charge on any atom is -0.481 e. The van der Waals surface area contributed by atoms with Crippen LogP contribution in [0.15, 0.2) is 29.2 Å². The van der Waals surface area contributed by atoms with Crippen LogP contribution >= 0.6 is 0 Å². The maximum absolute atomic E-state index is 12.9. The third kappa shape index (κ3) is 5.43. The van der Waals surface area contributed by atoms with Gasteiger partial charge >= 0.3 is 5.97 Å². The van der Waals surface area contributed by atoms with Crippen LogP contribution in [0.3, 0.4) is 0 Å². The number of aliphatic hydroxyl groups is 1. The Balaban J connectivity index is 2.14. The molecule has 0 saturated carbocycles. The van der Waals surface area contributed by atoms with E-state index in [-0.39, 0.29) is 18.0 Å². The van der Waals surface area contributed by atoms with Crippen LogP contribution in [0.4, 0.5) is 0 Å². The highest BCUT2D eigenvalue weighted by Crippen LogP contribution is 2.24. The minimum absolute atomic E-state index is 0.00206. The van der Waals surface area contributed by atoms with Gasteiger partial charge in [0.1, 0.15) is 24.0 Å². The van der Waals surface area contributed by atoms with Crippen molar-refractivity contribution in [2.75, 3.05) is 19.7 Å². The number of hydrogen-bond donors (Lipinski definition) is 3. The number of nitrogens with one attached hydrogen (secondary N) is 1. The molecule has 1 aromatic carbocycles. The third-order valence-electron chi connectivity index (χ3n) is 3.97. The summed E-state index contributed by atoms with van der Waals surface area (Å²) in [5, 5.41) is 21.9. The zero-order chi connectivity index (χ0) is 20.2. The standard InChI is InChI=1S/C18H24N2O6S/c1-13-16(17(21)22)20(11-10-19-13)27(24,25)15-7-5-14(6-8-15)26-12-4-9-18(2,3)23/h5-8,13,16,19,23H,10-12H2,1-3H3,(H,21,22). The summed E-state index contributed by atoms with van der Waals surface area (Å²) < 4.78 is 32.2. The predicted octanol–water partition coefficient (Wildman–Crippen LogP) is 0.275. The summed E-state index contributed by atoms with van der Waals surface area (Å²) in [6, 6.07) is 4.05.